The molecule has 118 valence electrons. The van der Waals surface area contributed by atoms with Crippen molar-refractivity contribution >= 4 is 40.2 Å². The molecule has 0 fully saturated rings. The normalized spacial score (nSPS) is 11.1. The van der Waals surface area contributed by atoms with E-state index in [1.807, 2.05) is 13.8 Å². The third-order valence-corrected chi connectivity index (χ3v) is 4.24. The molecule has 0 bridgehead atoms. The third kappa shape index (κ3) is 3.81. The van der Waals surface area contributed by atoms with E-state index >= 15 is 0 Å². The van der Waals surface area contributed by atoms with Crippen LogP contribution in [0.15, 0.2) is 28.2 Å². The number of nitrogens with zero attached hydrogens (tertiary/aromatic N) is 2. The van der Waals surface area contributed by atoms with Crippen LogP contribution in [0.25, 0.3) is 10.9 Å². The van der Waals surface area contributed by atoms with Gasteiger partial charge in [-0.1, -0.05) is 23.4 Å². The van der Waals surface area contributed by atoms with Gasteiger partial charge in [0.15, 0.2) is 5.16 Å². The number of hydrogen-bond donors (Lipinski definition) is 1. The highest BCUT2D eigenvalue weighted by molar-refractivity contribution is 7.99. The first-order valence-corrected chi connectivity index (χ1v) is 8.35. The zero-order valence-electron chi connectivity index (χ0n) is 12.7. The smallest absolute Gasteiger partial charge is 0.262 e. The van der Waals surface area contributed by atoms with Crippen LogP contribution in [0.5, 0.6) is 0 Å². The Hall–Kier alpha value is -1.53. The summed E-state index contributed by atoms with van der Waals surface area (Å²) in [4.78, 5) is 28.1. The van der Waals surface area contributed by atoms with Gasteiger partial charge in [0, 0.05) is 30.3 Å². The van der Waals surface area contributed by atoms with Crippen LogP contribution in [0.4, 0.5) is 0 Å². The fourth-order valence-corrected chi connectivity index (χ4v) is 3.23. The summed E-state index contributed by atoms with van der Waals surface area (Å²) in [6.07, 6.45) is 0. The molecule has 0 aliphatic heterocycles. The predicted octanol–water partition coefficient (Wildman–Crippen LogP) is 2.86. The molecule has 0 aliphatic carbocycles. The van der Waals surface area contributed by atoms with Crippen molar-refractivity contribution in [1.82, 2.24) is 14.9 Å². The highest BCUT2D eigenvalue weighted by Gasteiger charge is 2.14. The maximum atomic E-state index is 12.6. The Morgan fingerprint density at radius 1 is 1.45 bits per heavy atom. The molecule has 0 aliphatic rings. The minimum atomic E-state index is -0.0707. The number of carbonyl (C=O) groups excluding carboxylic acids is 1. The van der Waals surface area contributed by atoms with E-state index in [4.69, 9.17) is 11.6 Å². The van der Waals surface area contributed by atoms with Gasteiger partial charge in [0.2, 0.25) is 5.91 Å². The molecule has 0 radical (unpaired) electrons. The molecule has 1 heterocycles. The molecule has 1 amide bonds. The van der Waals surface area contributed by atoms with Crippen molar-refractivity contribution in [3.05, 3.63) is 33.6 Å². The molecule has 0 atom stereocenters. The Labute approximate surface area is 138 Å². The molecule has 1 N–H and O–H groups in total. The van der Waals surface area contributed by atoms with Crippen molar-refractivity contribution in [2.45, 2.75) is 32.0 Å². The Morgan fingerprint density at radius 3 is 2.82 bits per heavy atom. The molecule has 22 heavy (non-hydrogen) atoms. The largest absolute Gasteiger partial charge is 0.356 e. The molecular formula is C15H18ClN3O2S. The third-order valence-electron chi connectivity index (χ3n) is 3.05. The Balaban J connectivity index is 2.40. The predicted molar refractivity (Wildman–Crippen MR) is 90.8 cm³/mol. The number of nitrogens with one attached hydrogen (secondary N) is 1. The number of rotatable bonds is 5. The maximum absolute atomic E-state index is 12.6. The highest BCUT2D eigenvalue weighted by atomic mass is 35.5. The van der Waals surface area contributed by atoms with Crippen LogP contribution in [0.3, 0.4) is 0 Å². The SMILES string of the molecule is CC(=O)NCCSc1nc2cc(Cl)ccc2c(=O)n1C(C)C. The second-order valence-corrected chi connectivity index (χ2v) is 6.65. The average Bonchev–Trinajstić information content (AvgIpc) is 2.42. The Morgan fingerprint density at radius 2 is 2.18 bits per heavy atom. The average molecular weight is 340 g/mol. The molecule has 1 aromatic carbocycles. The first kappa shape index (κ1) is 16.8. The highest BCUT2D eigenvalue weighted by Crippen LogP contribution is 2.22. The molecule has 0 saturated heterocycles. The molecule has 0 saturated carbocycles. The van der Waals surface area contributed by atoms with Gasteiger partial charge in [-0.15, -0.1) is 0 Å². The van der Waals surface area contributed by atoms with Gasteiger partial charge in [0.05, 0.1) is 10.9 Å². The van der Waals surface area contributed by atoms with Crippen LogP contribution in [-0.2, 0) is 4.79 Å². The van der Waals surface area contributed by atoms with Crippen molar-refractivity contribution < 1.29 is 4.79 Å². The van der Waals surface area contributed by atoms with Crippen molar-refractivity contribution in [2.75, 3.05) is 12.3 Å². The zero-order chi connectivity index (χ0) is 16.3. The number of carbonyl (C=O) groups is 1. The maximum Gasteiger partial charge on any atom is 0.262 e. The van der Waals surface area contributed by atoms with Crippen LogP contribution >= 0.6 is 23.4 Å². The second kappa shape index (κ2) is 7.15. The van der Waals surface area contributed by atoms with E-state index in [2.05, 4.69) is 10.3 Å². The quantitative estimate of drug-likeness (QED) is 0.517. The summed E-state index contributed by atoms with van der Waals surface area (Å²) in [5.74, 6) is 0.574. The molecule has 2 aromatic rings. The topological polar surface area (TPSA) is 64.0 Å². The number of hydrogen-bond acceptors (Lipinski definition) is 4. The number of fused-ring (bicyclic) bond motifs is 1. The van der Waals surface area contributed by atoms with Crippen LogP contribution < -0.4 is 10.9 Å². The zero-order valence-corrected chi connectivity index (χ0v) is 14.3. The molecule has 0 spiro atoms. The lowest BCUT2D eigenvalue weighted by atomic mass is 10.2. The van der Waals surface area contributed by atoms with E-state index in [9.17, 15) is 9.59 Å². The van der Waals surface area contributed by atoms with Gasteiger partial charge in [-0.05, 0) is 32.0 Å². The second-order valence-electron chi connectivity index (χ2n) is 5.16. The van der Waals surface area contributed by atoms with E-state index < -0.39 is 0 Å². The first-order chi connectivity index (χ1) is 10.4. The molecule has 5 nitrogen and oxygen atoms in total. The van der Waals surface area contributed by atoms with Gasteiger partial charge < -0.3 is 5.32 Å². The lowest BCUT2D eigenvalue weighted by Gasteiger charge is -2.16. The van der Waals surface area contributed by atoms with Crippen molar-refractivity contribution in [3.63, 3.8) is 0 Å². The van der Waals surface area contributed by atoms with E-state index in [-0.39, 0.29) is 17.5 Å². The summed E-state index contributed by atoms with van der Waals surface area (Å²) in [5, 5.41) is 4.48. The summed E-state index contributed by atoms with van der Waals surface area (Å²) in [6.45, 7) is 5.90. The van der Waals surface area contributed by atoms with Crippen LogP contribution in [0.2, 0.25) is 5.02 Å². The van der Waals surface area contributed by atoms with E-state index in [0.29, 0.717) is 33.4 Å². The molecule has 0 unspecified atom stereocenters. The van der Waals surface area contributed by atoms with E-state index in [1.165, 1.54) is 18.7 Å². The van der Waals surface area contributed by atoms with Gasteiger partial charge in [0.1, 0.15) is 0 Å². The van der Waals surface area contributed by atoms with Gasteiger partial charge in [-0.3, -0.25) is 14.2 Å². The fourth-order valence-electron chi connectivity index (χ4n) is 2.08. The first-order valence-electron chi connectivity index (χ1n) is 6.99. The van der Waals surface area contributed by atoms with E-state index in [1.54, 1.807) is 22.8 Å². The number of halogens is 1. The van der Waals surface area contributed by atoms with Crippen molar-refractivity contribution in [1.29, 1.82) is 0 Å². The number of aromatic nitrogens is 2. The van der Waals surface area contributed by atoms with Crippen molar-refractivity contribution in [2.24, 2.45) is 0 Å². The molecule has 7 heteroatoms. The lowest BCUT2D eigenvalue weighted by molar-refractivity contribution is -0.118. The number of thioether (sulfide) groups is 1. The standard InChI is InChI=1S/C15H18ClN3O2S/c1-9(2)19-14(21)12-5-4-11(16)8-13(12)18-15(19)22-7-6-17-10(3)20/h4-5,8-9H,6-7H2,1-3H3,(H,17,20). The summed E-state index contributed by atoms with van der Waals surface area (Å²) < 4.78 is 1.68. The van der Waals surface area contributed by atoms with E-state index in [0.717, 1.165) is 0 Å². The van der Waals surface area contributed by atoms with Gasteiger partial charge in [-0.25, -0.2) is 4.98 Å². The van der Waals surface area contributed by atoms with Crippen molar-refractivity contribution in [3.8, 4) is 0 Å². The Bertz CT molecular complexity index is 758. The summed E-state index contributed by atoms with van der Waals surface area (Å²) >= 11 is 7.43. The van der Waals surface area contributed by atoms with Gasteiger partial charge in [-0.2, -0.15) is 0 Å². The molecule has 1 aromatic heterocycles. The van der Waals surface area contributed by atoms with Gasteiger partial charge >= 0.3 is 0 Å². The summed E-state index contributed by atoms with van der Waals surface area (Å²) in [5.41, 5.74) is 0.523. The van der Waals surface area contributed by atoms with Crippen LogP contribution in [0.1, 0.15) is 26.8 Å². The summed E-state index contributed by atoms with van der Waals surface area (Å²) in [6, 6.07) is 5.10. The Kier molecular flexibility index (Phi) is 5.47. The monoisotopic (exact) mass is 339 g/mol. The van der Waals surface area contributed by atoms with Crippen LogP contribution in [0, 0.1) is 0 Å². The minimum absolute atomic E-state index is 0.00310. The lowest BCUT2D eigenvalue weighted by Crippen LogP contribution is -2.26. The fraction of sp³-hybridized carbons (Fsp3) is 0.400. The molecular weight excluding hydrogens is 322 g/mol. The molecule has 2 rings (SSSR count). The van der Waals surface area contributed by atoms with Gasteiger partial charge in [0.25, 0.3) is 5.56 Å². The minimum Gasteiger partial charge on any atom is -0.356 e. The number of amides is 1. The summed E-state index contributed by atoms with van der Waals surface area (Å²) in [7, 11) is 0. The number of benzene rings is 1. The van der Waals surface area contributed by atoms with Crippen LogP contribution in [-0.4, -0.2) is 27.8 Å².